The van der Waals surface area contributed by atoms with Crippen molar-refractivity contribution in [1.82, 2.24) is 0 Å². The van der Waals surface area contributed by atoms with Gasteiger partial charge in [-0.15, -0.1) is 0 Å². The molecule has 104 valence electrons. The number of rotatable bonds is 10. The van der Waals surface area contributed by atoms with E-state index in [-0.39, 0.29) is 6.04 Å². The molecule has 4 atom stereocenters. The van der Waals surface area contributed by atoms with Crippen molar-refractivity contribution in [3.63, 3.8) is 0 Å². The van der Waals surface area contributed by atoms with Crippen LogP contribution in [0.4, 0.5) is 0 Å². The van der Waals surface area contributed by atoms with E-state index in [2.05, 4.69) is 20.8 Å². The highest BCUT2D eigenvalue weighted by atomic mass is 14.7. The maximum Gasteiger partial charge on any atom is 0.00701 e. The smallest absolute Gasteiger partial charge is 0.00701 e. The lowest BCUT2D eigenvalue weighted by molar-refractivity contribution is 0.277. The van der Waals surface area contributed by atoms with Gasteiger partial charge in [-0.05, 0) is 50.1 Å². The van der Waals surface area contributed by atoms with E-state index < -0.39 is 0 Å². The van der Waals surface area contributed by atoms with Crippen LogP contribution in [0.1, 0.15) is 52.9 Å². The quantitative estimate of drug-likeness (QED) is 0.550. The molecule has 6 N–H and O–H groups in total. The van der Waals surface area contributed by atoms with Crippen LogP contribution in [0.3, 0.4) is 0 Å². The van der Waals surface area contributed by atoms with E-state index in [9.17, 15) is 0 Å². The standard InChI is InChI=1S/C14H33N3/c1-4-6-12(10-16)8-13(5-2)14(17)7-11(3)9-15/h11-14H,4-10,15-17H2,1-3H3. The molecule has 0 saturated carbocycles. The van der Waals surface area contributed by atoms with Gasteiger partial charge in [0.15, 0.2) is 0 Å². The van der Waals surface area contributed by atoms with Crippen LogP contribution in [0.15, 0.2) is 0 Å². The summed E-state index contributed by atoms with van der Waals surface area (Å²) in [5.41, 5.74) is 17.8. The molecule has 3 heteroatoms. The molecule has 0 aliphatic carbocycles. The van der Waals surface area contributed by atoms with Crippen LogP contribution in [0.25, 0.3) is 0 Å². The third-order valence-corrected chi connectivity index (χ3v) is 3.87. The summed E-state index contributed by atoms with van der Waals surface area (Å²) < 4.78 is 0. The highest BCUT2D eigenvalue weighted by Gasteiger charge is 2.21. The topological polar surface area (TPSA) is 78.1 Å². The predicted molar refractivity (Wildman–Crippen MR) is 76.7 cm³/mol. The Hall–Kier alpha value is -0.120. The van der Waals surface area contributed by atoms with Crippen molar-refractivity contribution in [3.8, 4) is 0 Å². The second-order valence-corrected chi connectivity index (χ2v) is 5.53. The molecule has 0 aromatic rings. The Morgan fingerprint density at radius 1 is 1.00 bits per heavy atom. The summed E-state index contributed by atoms with van der Waals surface area (Å²) in [6, 6.07) is 0.282. The average molecular weight is 243 g/mol. The first-order valence-electron chi connectivity index (χ1n) is 7.24. The van der Waals surface area contributed by atoms with Gasteiger partial charge in [-0.3, -0.25) is 0 Å². The fourth-order valence-corrected chi connectivity index (χ4v) is 2.57. The molecule has 0 rings (SSSR count). The summed E-state index contributed by atoms with van der Waals surface area (Å²) in [6.07, 6.45) is 5.81. The molecule has 0 heterocycles. The number of hydrogen-bond acceptors (Lipinski definition) is 3. The summed E-state index contributed by atoms with van der Waals surface area (Å²) in [6.45, 7) is 8.17. The van der Waals surface area contributed by atoms with Crippen LogP contribution < -0.4 is 17.2 Å². The Balaban J connectivity index is 4.19. The van der Waals surface area contributed by atoms with E-state index in [1.54, 1.807) is 0 Å². The van der Waals surface area contributed by atoms with Crippen LogP contribution >= 0.6 is 0 Å². The fourth-order valence-electron chi connectivity index (χ4n) is 2.57. The van der Waals surface area contributed by atoms with Crippen LogP contribution in [-0.2, 0) is 0 Å². The maximum absolute atomic E-state index is 6.31. The Bertz CT molecular complexity index is 173. The lowest BCUT2D eigenvalue weighted by Crippen LogP contribution is -2.35. The van der Waals surface area contributed by atoms with Crippen molar-refractivity contribution in [1.29, 1.82) is 0 Å². The van der Waals surface area contributed by atoms with E-state index in [1.165, 1.54) is 19.3 Å². The van der Waals surface area contributed by atoms with Crippen LogP contribution in [0, 0.1) is 17.8 Å². The molecule has 0 spiro atoms. The van der Waals surface area contributed by atoms with Gasteiger partial charge in [0.1, 0.15) is 0 Å². The number of hydrogen-bond donors (Lipinski definition) is 3. The summed E-state index contributed by atoms with van der Waals surface area (Å²) in [5.74, 6) is 1.77. The maximum atomic E-state index is 6.31. The second kappa shape index (κ2) is 9.86. The average Bonchev–Trinajstić information content (AvgIpc) is 2.33. The molecule has 0 fully saturated rings. The zero-order chi connectivity index (χ0) is 13.3. The van der Waals surface area contributed by atoms with Gasteiger partial charge in [-0.25, -0.2) is 0 Å². The molecule has 0 radical (unpaired) electrons. The van der Waals surface area contributed by atoms with Gasteiger partial charge in [0.25, 0.3) is 0 Å². The van der Waals surface area contributed by atoms with Crippen LogP contribution in [-0.4, -0.2) is 19.1 Å². The van der Waals surface area contributed by atoms with Crippen LogP contribution in [0.5, 0.6) is 0 Å². The van der Waals surface area contributed by atoms with Gasteiger partial charge in [0.05, 0.1) is 0 Å². The fraction of sp³-hybridized carbons (Fsp3) is 1.00. The van der Waals surface area contributed by atoms with E-state index >= 15 is 0 Å². The molecule has 0 saturated heterocycles. The van der Waals surface area contributed by atoms with E-state index in [1.807, 2.05) is 0 Å². The van der Waals surface area contributed by atoms with E-state index in [0.29, 0.717) is 17.8 Å². The predicted octanol–water partition coefficient (Wildman–Crippen LogP) is 2.09. The van der Waals surface area contributed by atoms with Gasteiger partial charge in [0, 0.05) is 6.04 Å². The van der Waals surface area contributed by atoms with Gasteiger partial charge >= 0.3 is 0 Å². The summed E-state index contributed by atoms with van der Waals surface area (Å²) in [4.78, 5) is 0. The van der Waals surface area contributed by atoms with Gasteiger partial charge in [0.2, 0.25) is 0 Å². The normalized spacial score (nSPS) is 18.7. The second-order valence-electron chi connectivity index (χ2n) is 5.53. The van der Waals surface area contributed by atoms with Crippen LogP contribution in [0.2, 0.25) is 0 Å². The largest absolute Gasteiger partial charge is 0.330 e. The molecular formula is C14H33N3. The van der Waals surface area contributed by atoms with Gasteiger partial charge in [-0.1, -0.05) is 33.6 Å². The molecule has 0 aromatic carbocycles. The minimum absolute atomic E-state index is 0.282. The molecular weight excluding hydrogens is 210 g/mol. The summed E-state index contributed by atoms with van der Waals surface area (Å²) in [7, 11) is 0. The first-order valence-corrected chi connectivity index (χ1v) is 7.24. The van der Waals surface area contributed by atoms with E-state index in [4.69, 9.17) is 17.2 Å². The highest BCUT2D eigenvalue weighted by molar-refractivity contribution is 4.77. The summed E-state index contributed by atoms with van der Waals surface area (Å²) >= 11 is 0. The van der Waals surface area contributed by atoms with E-state index in [0.717, 1.165) is 25.9 Å². The molecule has 17 heavy (non-hydrogen) atoms. The molecule has 0 aliphatic rings. The van der Waals surface area contributed by atoms with Crippen molar-refractivity contribution < 1.29 is 0 Å². The Labute approximate surface area is 108 Å². The molecule has 0 amide bonds. The lowest BCUT2D eigenvalue weighted by Gasteiger charge is -2.28. The molecule has 0 aromatic heterocycles. The number of nitrogens with two attached hydrogens (primary N) is 3. The molecule has 4 unspecified atom stereocenters. The first kappa shape index (κ1) is 16.9. The summed E-state index contributed by atoms with van der Waals surface area (Å²) in [5, 5.41) is 0. The monoisotopic (exact) mass is 243 g/mol. The minimum atomic E-state index is 0.282. The first-order chi connectivity index (χ1) is 8.08. The molecule has 0 aliphatic heterocycles. The third kappa shape index (κ3) is 7.02. The van der Waals surface area contributed by atoms with Gasteiger partial charge in [-0.2, -0.15) is 0 Å². The van der Waals surface area contributed by atoms with Crippen molar-refractivity contribution in [2.45, 2.75) is 58.9 Å². The SMILES string of the molecule is CCCC(CN)CC(CC)C(N)CC(C)CN. The van der Waals surface area contributed by atoms with Crippen molar-refractivity contribution in [3.05, 3.63) is 0 Å². The Morgan fingerprint density at radius 3 is 2.06 bits per heavy atom. The highest BCUT2D eigenvalue weighted by Crippen LogP contribution is 2.24. The Kier molecular flexibility index (Phi) is 9.79. The zero-order valence-corrected chi connectivity index (χ0v) is 12.0. The third-order valence-electron chi connectivity index (χ3n) is 3.87. The molecule has 0 bridgehead atoms. The van der Waals surface area contributed by atoms with Crippen molar-refractivity contribution in [2.75, 3.05) is 13.1 Å². The minimum Gasteiger partial charge on any atom is -0.330 e. The Morgan fingerprint density at radius 2 is 1.65 bits per heavy atom. The van der Waals surface area contributed by atoms with Crippen molar-refractivity contribution >= 4 is 0 Å². The van der Waals surface area contributed by atoms with Crippen molar-refractivity contribution in [2.24, 2.45) is 35.0 Å². The lowest BCUT2D eigenvalue weighted by atomic mass is 9.82. The molecule has 3 nitrogen and oxygen atoms in total. The van der Waals surface area contributed by atoms with Gasteiger partial charge < -0.3 is 17.2 Å². The zero-order valence-electron chi connectivity index (χ0n) is 12.0.